The van der Waals surface area contributed by atoms with Crippen LogP contribution in [0.3, 0.4) is 0 Å². The van der Waals surface area contributed by atoms with Crippen molar-refractivity contribution in [2.75, 3.05) is 0 Å². The molecule has 0 radical (unpaired) electrons. The number of fused-ring (bicyclic) bond motifs is 18. The van der Waals surface area contributed by atoms with E-state index in [-0.39, 0.29) is 107 Å². The van der Waals surface area contributed by atoms with Crippen molar-refractivity contribution in [1.29, 1.82) is 0 Å². The van der Waals surface area contributed by atoms with Crippen molar-refractivity contribution >= 4 is 170 Å². The lowest BCUT2D eigenvalue weighted by Gasteiger charge is -2.26. The third-order valence-corrected chi connectivity index (χ3v) is 24.6. The quantitative estimate of drug-likeness (QED) is 0.0860. The molecule has 6 aliphatic carbocycles. The summed E-state index contributed by atoms with van der Waals surface area (Å²) in [5.74, 6) is 0.728. The van der Waals surface area contributed by atoms with Gasteiger partial charge >= 0.3 is 0 Å². The Morgan fingerprint density at radius 2 is 0.250 bits per heavy atom. The fourth-order valence-electron chi connectivity index (χ4n) is 15.8. The normalized spacial score (nSPS) is 26.1. The molecule has 12 bridgehead atoms. The van der Waals surface area contributed by atoms with Crippen LogP contribution >= 0.6 is 95.6 Å². The molecule has 18 nitrogen and oxygen atoms in total. The molecular weight excluding hydrogens is 1750 g/mol. The van der Waals surface area contributed by atoms with E-state index in [1.54, 1.807) is 74.6 Å². The summed E-state index contributed by atoms with van der Waals surface area (Å²) in [5, 5.41) is 68.3. The van der Waals surface area contributed by atoms with Crippen LogP contribution in [0.2, 0.25) is 0 Å². The second-order valence-electron chi connectivity index (χ2n) is 29.5. The predicted molar refractivity (Wildman–Crippen MR) is 462 cm³/mol. The fourth-order valence-corrected chi connectivity index (χ4v) is 18.7. The summed E-state index contributed by atoms with van der Waals surface area (Å²) in [7, 11) is 0. The van der Waals surface area contributed by atoms with Crippen molar-refractivity contribution in [3.8, 4) is 34.5 Å². The molecule has 6 aromatic rings. The van der Waals surface area contributed by atoms with Crippen LogP contribution in [-0.2, 0) is 0 Å². The van der Waals surface area contributed by atoms with Crippen molar-refractivity contribution in [3.63, 3.8) is 0 Å². The van der Waals surface area contributed by atoms with Crippen molar-refractivity contribution in [3.05, 3.63) is 166 Å². The highest BCUT2D eigenvalue weighted by Gasteiger charge is 2.31. The molecule has 14 rings (SSSR count). The predicted octanol–water partition coefficient (Wildman–Crippen LogP) is 19.9. The molecule has 6 saturated carbocycles. The number of phenols is 6. The molecule has 6 aromatic carbocycles. The van der Waals surface area contributed by atoms with E-state index in [0.29, 0.717) is 66.8 Å². The van der Waals surface area contributed by atoms with E-state index in [0.717, 1.165) is 181 Å². The molecule has 8 aliphatic rings. The summed E-state index contributed by atoms with van der Waals surface area (Å²) < 4.78 is 4.90. The highest BCUT2D eigenvalue weighted by atomic mass is 79.9. The number of rotatable bonds is 0. The van der Waals surface area contributed by atoms with E-state index in [1.807, 2.05) is 72.8 Å². The Kier molecular flexibility index (Phi) is 27.7. The number of halogens is 6. The Hall–Kier alpha value is -6.96. The summed E-state index contributed by atoms with van der Waals surface area (Å²) in [5.41, 5.74) is 7.25. The Balaban J connectivity index is 0.000000190. The molecule has 0 amide bonds. The van der Waals surface area contributed by atoms with Crippen LogP contribution in [0.15, 0.2) is 160 Å². The zero-order valence-corrected chi connectivity index (χ0v) is 69.6. The van der Waals surface area contributed by atoms with Gasteiger partial charge in [-0.3, -0.25) is 59.9 Å². The molecule has 6 fully saturated rings. The van der Waals surface area contributed by atoms with Crippen LogP contribution in [0.4, 0.5) is 0 Å². The monoisotopic (exact) mass is 1840 g/mol. The van der Waals surface area contributed by atoms with Gasteiger partial charge in [0.15, 0.2) is 0 Å². The van der Waals surface area contributed by atoms with Crippen LogP contribution in [0.5, 0.6) is 34.5 Å². The van der Waals surface area contributed by atoms with E-state index in [2.05, 4.69) is 95.6 Å². The highest BCUT2D eigenvalue weighted by molar-refractivity contribution is 9.11. The van der Waals surface area contributed by atoms with Gasteiger partial charge in [0.25, 0.3) is 0 Å². The molecule has 0 unspecified atom stereocenters. The molecule has 2 heterocycles. The largest absolute Gasteiger partial charge is 0.507 e. The molecule has 6 N–H and O–H groups in total. The highest BCUT2D eigenvalue weighted by Crippen LogP contribution is 2.38. The zero-order chi connectivity index (χ0) is 75.2. The van der Waals surface area contributed by atoms with Crippen LogP contribution in [0.25, 0.3) is 0 Å². The molecule has 0 saturated heterocycles. The average molecular weight is 1840 g/mol. The third kappa shape index (κ3) is 20.6. The molecule has 0 spiro atoms. The Bertz CT molecular complexity index is 3630. The maximum atomic E-state index is 11.4. The first-order valence-electron chi connectivity index (χ1n) is 38.0. The van der Waals surface area contributed by atoms with Gasteiger partial charge < -0.3 is 30.6 Å². The molecular formula is C84H90Br6N12O6. The molecule has 2 aliphatic heterocycles. The van der Waals surface area contributed by atoms with Gasteiger partial charge in [-0.2, -0.15) is 0 Å². The van der Waals surface area contributed by atoms with Gasteiger partial charge in [-0.05, 0) is 150 Å². The maximum absolute atomic E-state index is 11.4. The lowest BCUT2D eigenvalue weighted by molar-refractivity contribution is 0.389. The average Bonchev–Trinajstić information content (AvgIpc) is 0.864. The molecule has 108 heavy (non-hydrogen) atoms. The summed E-state index contributed by atoms with van der Waals surface area (Å²) in [4.78, 5) is 59.6. The lowest BCUT2D eigenvalue weighted by Crippen LogP contribution is -2.27. The minimum atomic E-state index is -0.0617. The van der Waals surface area contributed by atoms with Gasteiger partial charge in [0.1, 0.15) is 34.5 Å². The van der Waals surface area contributed by atoms with Crippen molar-refractivity contribution < 1.29 is 30.6 Å². The summed E-state index contributed by atoms with van der Waals surface area (Å²) in [6.45, 7) is 0. The van der Waals surface area contributed by atoms with Crippen molar-refractivity contribution in [2.24, 2.45) is 59.9 Å². The number of nitrogens with zero attached hydrogens (tertiary/aromatic N) is 12. The van der Waals surface area contributed by atoms with Gasteiger partial charge in [-0.25, -0.2) is 0 Å². The van der Waals surface area contributed by atoms with Crippen molar-refractivity contribution in [1.82, 2.24) is 0 Å². The topological polar surface area (TPSA) is 270 Å². The van der Waals surface area contributed by atoms with Crippen LogP contribution in [-0.4, -0.2) is 178 Å². The number of hydrogen-bond acceptors (Lipinski definition) is 18. The first-order valence-corrected chi connectivity index (χ1v) is 42.7. The third-order valence-electron chi connectivity index (χ3n) is 21.8. The van der Waals surface area contributed by atoms with Crippen LogP contribution in [0, 0.1) is 0 Å². The Morgan fingerprint density at radius 1 is 0.167 bits per heavy atom. The summed E-state index contributed by atoms with van der Waals surface area (Å²) >= 11 is 21.8. The van der Waals surface area contributed by atoms with Crippen molar-refractivity contribution in [2.45, 2.75) is 227 Å². The second kappa shape index (κ2) is 37.8. The number of hydrogen-bond donors (Lipinski definition) is 6. The van der Waals surface area contributed by atoms with E-state index < -0.39 is 0 Å². The van der Waals surface area contributed by atoms with Gasteiger partial charge in [0, 0.05) is 168 Å². The van der Waals surface area contributed by atoms with Gasteiger partial charge in [0.05, 0.1) is 72.5 Å². The minimum absolute atomic E-state index is 0.0617. The van der Waals surface area contributed by atoms with Gasteiger partial charge in [-0.1, -0.05) is 173 Å². The SMILES string of the molecule is Oc1c2cc(Br)cc1C=N[C@@H]1CCCC[C@H]1N=Cc1cc(Br)cc(c1O)C=N[C@@H]1CCCC[C@H]1N=Cc1cc(Br)cc(c1O)C=N[C@@H]1CCCC[C@H]1N=C2.Oc1c2cc(Br)cc1C=N[C@@H]1CCCC[C@H]1N=Cc1cc(Br)cc(c1O)C=N[C@@H]1CCCC[C@H]1N=Cc1cc(Br)cc(c1O)C=N[C@@H]1CCCC[C@H]1N=C2. The molecule has 0 aromatic heterocycles. The minimum Gasteiger partial charge on any atom is -0.507 e. The zero-order valence-electron chi connectivity index (χ0n) is 60.1. The number of benzene rings is 6. The first-order chi connectivity index (χ1) is 52.4. The number of aliphatic imine (C=N–C) groups is 12. The number of aromatic hydroxyl groups is 6. The van der Waals surface area contributed by atoms with E-state index in [9.17, 15) is 30.6 Å². The first kappa shape index (κ1) is 79.1. The van der Waals surface area contributed by atoms with E-state index in [1.165, 1.54) is 0 Å². The van der Waals surface area contributed by atoms with Crippen LogP contribution < -0.4 is 0 Å². The second-order valence-corrected chi connectivity index (χ2v) is 34.9. The molecule has 24 heteroatoms. The standard InChI is InChI=1S/2C42H45Br3N6O3/c2*43-31-13-25-19-46-34-7-1-2-8-35(34)47-20-26-14-32(44)16-28(41(26)53)22-49-38-11-5-6-12-39(38)51-24-30-18-33(45)17-29(42(30)54)23-50-37-10-4-3-9-36(37)48-21-27(15-31)40(25)52/h2*13-24,34-39,52-54H,1-12H2/t2*34-,35-,36-,37-,38-,39-/m11/s1. The lowest BCUT2D eigenvalue weighted by atomic mass is 9.91. The van der Waals surface area contributed by atoms with E-state index in [4.69, 9.17) is 59.9 Å². The smallest absolute Gasteiger partial charge is 0.133 e. The molecule has 564 valence electrons. The van der Waals surface area contributed by atoms with Crippen LogP contribution in [0.1, 0.15) is 221 Å². The Morgan fingerprint density at radius 3 is 0.333 bits per heavy atom. The number of phenolic OH excluding ortho intramolecular Hbond substituents is 6. The summed E-state index contributed by atoms with van der Waals surface area (Å²) in [6, 6.07) is 21.6. The van der Waals surface area contributed by atoms with Gasteiger partial charge in [0.2, 0.25) is 0 Å². The van der Waals surface area contributed by atoms with Gasteiger partial charge in [-0.15, -0.1) is 0 Å². The Labute approximate surface area is 682 Å². The molecule has 12 atom stereocenters. The fraction of sp³-hybridized carbons (Fsp3) is 0.429. The summed E-state index contributed by atoms with van der Waals surface area (Å²) in [6.07, 6.45) is 44.3. The van der Waals surface area contributed by atoms with E-state index >= 15 is 0 Å². The maximum Gasteiger partial charge on any atom is 0.133 e.